The molecule has 2 aromatic rings. The Balaban J connectivity index is 1.38. The predicted molar refractivity (Wildman–Crippen MR) is 125 cm³/mol. The third-order valence-electron chi connectivity index (χ3n) is 6.76. The van der Waals surface area contributed by atoms with Crippen LogP contribution in [-0.4, -0.2) is 54.3 Å². The number of carboxylic acids is 1. The lowest BCUT2D eigenvalue weighted by atomic mass is 9.74. The molecule has 2 aliphatic rings. The van der Waals surface area contributed by atoms with Crippen molar-refractivity contribution in [1.29, 1.82) is 0 Å². The molecule has 33 heavy (non-hydrogen) atoms. The zero-order valence-electron chi connectivity index (χ0n) is 19.0. The molecule has 2 fully saturated rings. The maximum Gasteiger partial charge on any atom is 0.310 e. The van der Waals surface area contributed by atoms with Crippen molar-refractivity contribution in [2.75, 3.05) is 26.2 Å². The molecule has 1 N–H and O–H groups in total. The van der Waals surface area contributed by atoms with E-state index in [1.807, 2.05) is 36.4 Å². The minimum absolute atomic E-state index is 0.259. The zero-order chi connectivity index (χ0) is 23.0. The smallest absolute Gasteiger partial charge is 0.310 e. The number of hydrogen-bond acceptors (Lipinski definition) is 5. The highest BCUT2D eigenvalue weighted by molar-refractivity contribution is 5.83. The van der Waals surface area contributed by atoms with Crippen molar-refractivity contribution in [1.82, 2.24) is 4.90 Å². The molecule has 0 radical (unpaired) electrons. The van der Waals surface area contributed by atoms with Gasteiger partial charge in [-0.25, -0.2) is 0 Å². The van der Waals surface area contributed by atoms with Gasteiger partial charge in [0.2, 0.25) is 0 Å². The Hall–Kier alpha value is -2.86. The third kappa shape index (κ3) is 6.35. The number of aryl methyl sites for hydroxylation is 2. The van der Waals surface area contributed by atoms with Gasteiger partial charge in [-0.15, -0.1) is 0 Å². The Bertz CT molecular complexity index is 925. The van der Waals surface area contributed by atoms with Crippen LogP contribution in [0.15, 0.2) is 54.6 Å². The predicted octanol–water partition coefficient (Wildman–Crippen LogP) is 3.97. The average molecular weight is 452 g/mol. The van der Waals surface area contributed by atoms with Gasteiger partial charge in [0.25, 0.3) is 0 Å². The van der Waals surface area contributed by atoms with E-state index in [4.69, 9.17) is 9.47 Å². The summed E-state index contributed by atoms with van der Waals surface area (Å²) in [5.74, 6) is -1.67. The number of benzene rings is 2. The molecule has 0 bridgehead atoms. The maximum absolute atomic E-state index is 12.7. The van der Waals surface area contributed by atoms with Gasteiger partial charge in [0.1, 0.15) is 18.5 Å². The largest absolute Gasteiger partial charge is 0.489 e. The lowest BCUT2D eigenvalue weighted by molar-refractivity contribution is -0.169. The number of ether oxygens (including phenoxy) is 2. The molecule has 176 valence electrons. The molecule has 1 aliphatic carbocycles. The van der Waals surface area contributed by atoms with E-state index < -0.39 is 29.9 Å². The molecule has 2 aromatic carbocycles. The number of nitrogens with zero attached hydrogens (tertiary/aromatic N) is 1. The normalized spacial score (nSPS) is 21.2. The van der Waals surface area contributed by atoms with Gasteiger partial charge < -0.3 is 14.6 Å². The van der Waals surface area contributed by atoms with Crippen molar-refractivity contribution >= 4 is 11.9 Å². The van der Waals surface area contributed by atoms with Gasteiger partial charge in [-0.3, -0.25) is 14.5 Å². The molecule has 6 nitrogen and oxygen atoms in total. The Labute approximate surface area is 195 Å². The number of rotatable bonds is 11. The highest BCUT2D eigenvalue weighted by Gasteiger charge is 2.43. The van der Waals surface area contributed by atoms with Crippen molar-refractivity contribution in [2.45, 2.75) is 44.6 Å². The minimum atomic E-state index is -0.914. The summed E-state index contributed by atoms with van der Waals surface area (Å²) in [5, 5.41) is 9.29. The van der Waals surface area contributed by atoms with Gasteiger partial charge in [-0.2, -0.15) is 0 Å². The van der Waals surface area contributed by atoms with Crippen LogP contribution >= 0.6 is 0 Å². The van der Waals surface area contributed by atoms with E-state index in [0.717, 1.165) is 50.1 Å². The van der Waals surface area contributed by atoms with Gasteiger partial charge in [0.15, 0.2) is 0 Å². The molecule has 3 unspecified atom stereocenters. The van der Waals surface area contributed by atoms with Crippen LogP contribution in [0.3, 0.4) is 0 Å². The molecule has 4 rings (SSSR count). The second-order valence-corrected chi connectivity index (χ2v) is 9.10. The van der Waals surface area contributed by atoms with E-state index in [1.165, 1.54) is 5.56 Å². The number of hydrogen-bond donors (Lipinski definition) is 1. The second kappa shape index (κ2) is 11.3. The van der Waals surface area contributed by atoms with E-state index in [-0.39, 0.29) is 6.61 Å². The van der Waals surface area contributed by atoms with E-state index in [0.29, 0.717) is 19.4 Å². The average Bonchev–Trinajstić information content (AvgIpc) is 3.29. The number of carboxylic acid groups (broad SMARTS) is 1. The Morgan fingerprint density at radius 2 is 1.64 bits per heavy atom. The van der Waals surface area contributed by atoms with Crippen LogP contribution in [0.5, 0.6) is 5.75 Å². The molecule has 0 aromatic heterocycles. The first-order valence-corrected chi connectivity index (χ1v) is 12.0. The van der Waals surface area contributed by atoms with Gasteiger partial charge in [-0.05, 0) is 68.8 Å². The topological polar surface area (TPSA) is 76.1 Å². The van der Waals surface area contributed by atoms with Crippen LogP contribution in [-0.2, 0) is 27.2 Å². The third-order valence-corrected chi connectivity index (χ3v) is 6.76. The van der Waals surface area contributed by atoms with Gasteiger partial charge in [-0.1, -0.05) is 48.5 Å². The number of aliphatic carboxylic acids is 1. The first-order chi connectivity index (χ1) is 16.1. The molecule has 0 amide bonds. The Morgan fingerprint density at radius 1 is 0.939 bits per heavy atom. The summed E-state index contributed by atoms with van der Waals surface area (Å²) in [6.45, 7) is 2.85. The number of esters is 1. The fraction of sp³-hybridized carbons (Fsp3) is 0.481. The fourth-order valence-electron chi connectivity index (χ4n) is 4.66. The first-order valence-electron chi connectivity index (χ1n) is 12.0. The highest BCUT2D eigenvalue weighted by atomic mass is 16.6. The summed E-state index contributed by atoms with van der Waals surface area (Å²) < 4.78 is 12.0. The monoisotopic (exact) mass is 451 g/mol. The van der Waals surface area contributed by atoms with Crippen LogP contribution in [0.2, 0.25) is 0 Å². The summed E-state index contributed by atoms with van der Waals surface area (Å²) in [6.07, 6.45) is 4.77. The molecule has 6 heteroatoms. The number of carbonyl (C=O) groups is 2. The lowest BCUT2D eigenvalue weighted by Crippen LogP contribution is -2.43. The van der Waals surface area contributed by atoms with E-state index in [2.05, 4.69) is 23.1 Å². The molecular formula is C27H33NO5. The van der Waals surface area contributed by atoms with Crippen LogP contribution in [0, 0.1) is 11.8 Å². The van der Waals surface area contributed by atoms with Crippen molar-refractivity contribution < 1.29 is 24.2 Å². The molecule has 0 spiro atoms. The quantitative estimate of drug-likeness (QED) is 0.521. The van der Waals surface area contributed by atoms with Crippen molar-refractivity contribution in [3.63, 3.8) is 0 Å². The molecule has 1 saturated carbocycles. The lowest BCUT2D eigenvalue weighted by Gasteiger charge is -2.33. The van der Waals surface area contributed by atoms with Gasteiger partial charge in [0, 0.05) is 6.54 Å². The SMILES string of the molecule is O=C(O)C1CCC1C(=O)OC(COc1ccccc1CCc1ccccc1)CN1CCCC1. The van der Waals surface area contributed by atoms with E-state index >= 15 is 0 Å². The van der Waals surface area contributed by atoms with E-state index in [9.17, 15) is 14.7 Å². The van der Waals surface area contributed by atoms with Crippen LogP contribution in [0.25, 0.3) is 0 Å². The summed E-state index contributed by atoms with van der Waals surface area (Å²) in [6, 6.07) is 18.4. The maximum atomic E-state index is 12.7. The highest BCUT2D eigenvalue weighted by Crippen LogP contribution is 2.35. The summed E-state index contributed by atoms with van der Waals surface area (Å²) >= 11 is 0. The van der Waals surface area contributed by atoms with Crippen LogP contribution in [0.4, 0.5) is 0 Å². The Kier molecular flexibility index (Phi) is 8.00. The van der Waals surface area contributed by atoms with Crippen molar-refractivity contribution in [3.8, 4) is 5.75 Å². The molecular weight excluding hydrogens is 418 g/mol. The molecule has 1 heterocycles. The van der Waals surface area contributed by atoms with Crippen LogP contribution in [0.1, 0.15) is 36.8 Å². The minimum Gasteiger partial charge on any atom is -0.489 e. The van der Waals surface area contributed by atoms with E-state index in [1.54, 1.807) is 0 Å². The molecule has 1 saturated heterocycles. The summed E-state index contributed by atoms with van der Waals surface area (Å²) in [5.41, 5.74) is 2.40. The molecule has 3 atom stereocenters. The number of carbonyl (C=O) groups excluding carboxylic acids is 1. The van der Waals surface area contributed by atoms with Crippen molar-refractivity contribution in [3.05, 3.63) is 65.7 Å². The standard InChI is InChI=1S/C27H33NO5/c29-26(30)23-14-15-24(23)27(31)33-22(18-28-16-6-7-17-28)19-32-25-11-5-4-10-21(25)13-12-20-8-2-1-3-9-20/h1-5,8-11,22-24H,6-7,12-19H2,(H,29,30). The number of likely N-dealkylation sites (tertiary alicyclic amines) is 1. The van der Waals surface area contributed by atoms with Gasteiger partial charge in [0.05, 0.1) is 11.8 Å². The Morgan fingerprint density at radius 3 is 2.33 bits per heavy atom. The first kappa shape index (κ1) is 23.3. The summed E-state index contributed by atoms with van der Waals surface area (Å²) in [7, 11) is 0. The van der Waals surface area contributed by atoms with Crippen LogP contribution < -0.4 is 4.74 Å². The van der Waals surface area contributed by atoms with Gasteiger partial charge >= 0.3 is 11.9 Å². The molecule has 1 aliphatic heterocycles. The zero-order valence-corrected chi connectivity index (χ0v) is 19.0. The number of para-hydroxylation sites is 1. The van der Waals surface area contributed by atoms with Crippen molar-refractivity contribution in [2.24, 2.45) is 11.8 Å². The fourth-order valence-corrected chi connectivity index (χ4v) is 4.66. The second-order valence-electron chi connectivity index (χ2n) is 9.10. The summed E-state index contributed by atoms with van der Waals surface area (Å²) in [4.78, 5) is 26.3.